The molecule has 1 aromatic carbocycles. The summed E-state index contributed by atoms with van der Waals surface area (Å²) in [5.41, 5.74) is 1.68. The minimum atomic E-state index is 0.622. The summed E-state index contributed by atoms with van der Waals surface area (Å²) in [5.74, 6) is 0. The van der Waals surface area contributed by atoms with E-state index in [1.165, 1.54) is 0 Å². The van der Waals surface area contributed by atoms with Crippen molar-refractivity contribution >= 4 is 17.3 Å². The topological polar surface area (TPSA) is 30.3 Å². The van der Waals surface area contributed by atoms with Gasteiger partial charge < -0.3 is 9.80 Å². The Hall–Kier alpha value is -1.24. The standard InChI is InChI=1S/C13H16ClN3/c1-16-5-2-6-17(8-7-16)13-4-3-12(14)9-11(13)10-15/h3-4,9H,2,5-8H2,1H3. The van der Waals surface area contributed by atoms with Gasteiger partial charge in [0.25, 0.3) is 0 Å². The molecule has 0 unspecified atom stereocenters. The van der Waals surface area contributed by atoms with Crippen LogP contribution < -0.4 is 4.90 Å². The van der Waals surface area contributed by atoms with E-state index in [-0.39, 0.29) is 0 Å². The minimum Gasteiger partial charge on any atom is -0.369 e. The number of benzene rings is 1. The fourth-order valence-corrected chi connectivity index (χ4v) is 2.33. The van der Waals surface area contributed by atoms with Gasteiger partial charge in [0.15, 0.2) is 0 Å². The van der Waals surface area contributed by atoms with Gasteiger partial charge in [-0.15, -0.1) is 0 Å². The Labute approximate surface area is 107 Å². The van der Waals surface area contributed by atoms with E-state index in [0.717, 1.165) is 38.3 Å². The Morgan fingerprint density at radius 1 is 1.24 bits per heavy atom. The first-order valence-corrected chi connectivity index (χ1v) is 6.21. The van der Waals surface area contributed by atoms with Crippen LogP contribution in [0.4, 0.5) is 5.69 Å². The van der Waals surface area contributed by atoms with Crippen LogP contribution in [0.5, 0.6) is 0 Å². The van der Waals surface area contributed by atoms with Crippen molar-refractivity contribution in [3.05, 3.63) is 28.8 Å². The molecule has 0 amide bonds. The highest BCUT2D eigenvalue weighted by Gasteiger charge is 2.15. The first-order chi connectivity index (χ1) is 8.20. The van der Waals surface area contributed by atoms with Gasteiger partial charge in [-0.2, -0.15) is 5.26 Å². The molecule has 1 fully saturated rings. The van der Waals surface area contributed by atoms with Crippen molar-refractivity contribution in [3.8, 4) is 6.07 Å². The summed E-state index contributed by atoms with van der Waals surface area (Å²) in [6.07, 6.45) is 1.13. The fraction of sp³-hybridized carbons (Fsp3) is 0.462. The summed E-state index contributed by atoms with van der Waals surface area (Å²) in [4.78, 5) is 4.60. The summed E-state index contributed by atoms with van der Waals surface area (Å²) in [6, 6.07) is 7.77. The number of rotatable bonds is 1. The van der Waals surface area contributed by atoms with Crippen LogP contribution in [0.2, 0.25) is 5.02 Å². The van der Waals surface area contributed by atoms with Crippen LogP contribution in [0.15, 0.2) is 18.2 Å². The molecule has 1 saturated heterocycles. The molecule has 2 rings (SSSR count). The zero-order valence-corrected chi connectivity index (χ0v) is 10.7. The van der Waals surface area contributed by atoms with Crippen LogP contribution in [0, 0.1) is 11.3 Å². The average Bonchev–Trinajstić information content (AvgIpc) is 2.54. The van der Waals surface area contributed by atoms with Gasteiger partial charge in [-0.05, 0) is 38.2 Å². The van der Waals surface area contributed by atoms with Gasteiger partial charge in [0.1, 0.15) is 6.07 Å². The van der Waals surface area contributed by atoms with Crippen LogP contribution >= 0.6 is 11.6 Å². The Morgan fingerprint density at radius 2 is 2.06 bits per heavy atom. The molecule has 4 heteroatoms. The maximum Gasteiger partial charge on any atom is 0.101 e. The predicted octanol–water partition coefficient (Wildman–Crippen LogP) is 2.35. The Kier molecular flexibility index (Phi) is 3.88. The van der Waals surface area contributed by atoms with E-state index in [1.54, 1.807) is 6.07 Å². The third-order valence-electron chi connectivity index (χ3n) is 3.14. The molecular formula is C13H16ClN3. The zero-order valence-electron chi connectivity index (χ0n) is 9.99. The van der Waals surface area contributed by atoms with Gasteiger partial charge in [0, 0.05) is 24.7 Å². The lowest BCUT2D eigenvalue weighted by Crippen LogP contribution is -2.29. The number of nitrogens with zero attached hydrogens (tertiary/aromatic N) is 3. The van der Waals surface area contributed by atoms with Gasteiger partial charge in [-0.3, -0.25) is 0 Å². The molecule has 1 heterocycles. The van der Waals surface area contributed by atoms with E-state index in [9.17, 15) is 0 Å². The van der Waals surface area contributed by atoms with E-state index in [4.69, 9.17) is 16.9 Å². The van der Waals surface area contributed by atoms with Crippen molar-refractivity contribution in [2.45, 2.75) is 6.42 Å². The van der Waals surface area contributed by atoms with Gasteiger partial charge >= 0.3 is 0 Å². The van der Waals surface area contributed by atoms with E-state index >= 15 is 0 Å². The van der Waals surface area contributed by atoms with Crippen LogP contribution in [0.25, 0.3) is 0 Å². The summed E-state index contributed by atoms with van der Waals surface area (Å²) in [7, 11) is 2.14. The lowest BCUT2D eigenvalue weighted by atomic mass is 10.1. The Bertz CT molecular complexity index is 439. The molecule has 0 aliphatic carbocycles. The third-order valence-corrected chi connectivity index (χ3v) is 3.37. The largest absolute Gasteiger partial charge is 0.369 e. The highest BCUT2D eigenvalue weighted by molar-refractivity contribution is 6.30. The smallest absolute Gasteiger partial charge is 0.101 e. The molecule has 0 bridgehead atoms. The zero-order chi connectivity index (χ0) is 12.3. The van der Waals surface area contributed by atoms with E-state index < -0.39 is 0 Å². The number of halogens is 1. The van der Waals surface area contributed by atoms with Crippen LogP contribution in [0.1, 0.15) is 12.0 Å². The Balaban J connectivity index is 2.24. The molecule has 1 aliphatic rings. The van der Waals surface area contributed by atoms with Gasteiger partial charge in [-0.1, -0.05) is 11.6 Å². The van der Waals surface area contributed by atoms with Crippen LogP contribution in [0.3, 0.4) is 0 Å². The minimum absolute atomic E-state index is 0.622. The lowest BCUT2D eigenvalue weighted by molar-refractivity contribution is 0.360. The van der Waals surface area contributed by atoms with Crippen molar-refractivity contribution < 1.29 is 0 Å². The number of hydrogen-bond acceptors (Lipinski definition) is 3. The third kappa shape index (κ3) is 2.91. The number of anilines is 1. The number of hydrogen-bond donors (Lipinski definition) is 0. The first-order valence-electron chi connectivity index (χ1n) is 5.84. The highest BCUT2D eigenvalue weighted by atomic mass is 35.5. The van der Waals surface area contributed by atoms with Crippen molar-refractivity contribution in [2.75, 3.05) is 38.1 Å². The maximum atomic E-state index is 9.15. The Morgan fingerprint density at radius 3 is 2.82 bits per heavy atom. The van der Waals surface area contributed by atoms with E-state index in [1.807, 2.05) is 12.1 Å². The molecule has 0 saturated carbocycles. The molecule has 0 spiro atoms. The second-order valence-corrected chi connectivity index (χ2v) is 4.85. The average molecular weight is 250 g/mol. The lowest BCUT2D eigenvalue weighted by Gasteiger charge is -2.23. The number of nitriles is 1. The van der Waals surface area contributed by atoms with Gasteiger partial charge in [-0.25, -0.2) is 0 Å². The molecule has 1 aliphatic heterocycles. The van der Waals surface area contributed by atoms with Crippen LogP contribution in [-0.2, 0) is 0 Å². The van der Waals surface area contributed by atoms with E-state index in [2.05, 4.69) is 22.9 Å². The molecule has 0 aromatic heterocycles. The van der Waals surface area contributed by atoms with E-state index in [0.29, 0.717) is 10.6 Å². The summed E-state index contributed by atoms with van der Waals surface area (Å²) >= 11 is 5.91. The van der Waals surface area contributed by atoms with Crippen molar-refractivity contribution in [3.63, 3.8) is 0 Å². The normalized spacial score (nSPS) is 17.6. The molecule has 0 radical (unpaired) electrons. The summed E-state index contributed by atoms with van der Waals surface area (Å²) in [5, 5.41) is 9.77. The molecule has 0 N–H and O–H groups in total. The SMILES string of the molecule is CN1CCCN(c2ccc(Cl)cc2C#N)CC1. The maximum absolute atomic E-state index is 9.15. The molecular weight excluding hydrogens is 234 g/mol. The fourth-order valence-electron chi connectivity index (χ4n) is 2.16. The van der Waals surface area contributed by atoms with Gasteiger partial charge in [0.2, 0.25) is 0 Å². The summed E-state index contributed by atoms with van der Waals surface area (Å²) < 4.78 is 0. The molecule has 17 heavy (non-hydrogen) atoms. The van der Waals surface area contributed by atoms with Crippen molar-refractivity contribution in [2.24, 2.45) is 0 Å². The second kappa shape index (κ2) is 5.39. The quantitative estimate of drug-likeness (QED) is 0.766. The second-order valence-electron chi connectivity index (χ2n) is 4.42. The molecule has 1 aromatic rings. The molecule has 90 valence electrons. The van der Waals surface area contributed by atoms with Crippen molar-refractivity contribution in [1.82, 2.24) is 4.90 Å². The molecule has 3 nitrogen and oxygen atoms in total. The molecule has 0 atom stereocenters. The first kappa shape index (κ1) is 12.2. The highest BCUT2D eigenvalue weighted by Crippen LogP contribution is 2.24. The summed E-state index contributed by atoms with van der Waals surface area (Å²) in [6.45, 7) is 4.12. The number of likely N-dealkylation sites (N-methyl/N-ethyl adjacent to an activating group) is 1. The monoisotopic (exact) mass is 249 g/mol. The predicted molar refractivity (Wildman–Crippen MR) is 70.5 cm³/mol. The van der Waals surface area contributed by atoms with Crippen molar-refractivity contribution in [1.29, 1.82) is 5.26 Å². The van der Waals surface area contributed by atoms with Gasteiger partial charge in [0.05, 0.1) is 11.3 Å². The van der Waals surface area contributed by atoms with Crippen LogP contribution in [-0.4, -0.2) is 38.1 Å².